The van der Waals surface area contributed by atoms with Crippen molar-refractivity contribution in [1.29, 1.82) is 0 Å². The Morgan fingerprint density at radius 2 is 1.76 bits per heavy atom. The molecule has 2 aromatic heterocycles. The zero-order valence-electron chi connectivity index (χ0n) is 15.4. The summed E-state index contributed by atoms with van der Waals surface area (Å²) in [4.78, 5) is 17.2. The summed E-state index contributed by atoms with van der Waals surface area (Å²) >= 11 is 1.84. The third-order valence-corrected chi connectivity index (χ3v) is 6.53. The molecular formula is C19H29N5S. The Morgan fingerprint density at radius 3 is 2.52 bits per heavy atom. The lowest BCUT2D eigenvalue weighted by Gasteiger charge is -2.35. The average Bonchev–Trinajstić information content (AvgIpc) is 2.95. The molecular weight excluding hydrogens is 330 g/mol. The number of thiophene rings is 1. The van der Waals surface area contributed by atoms with Crippen LogP contribution in [0.1, 0.15) is 43.0 Å². The van der Waals surface area contributed by atoms with E-state index in [1.165, 1.54) is 36.2 Å². The van der Waals surface area contributed by atoms with Gasteiger partial charge in [-0.1, -0.05) is 13.8 Å². The number of fused-ring (bicyclic) bond motifs is 3. The van der Waals surface area contributed by atoms with E-state index in [1.807, 2.05) is 11.3 Å². The van der Waals surface area contributed by atoms with E-state index < -0.39 is 0 Å². The summed E-state index contributed by atoms with van der Waals surface area (Å²) in [7, 11) is 0. The van der Waals surface area contributed by atoms with Gasteiger partial charge in [0.05, 0.1) is 11.9 Å². The van der Waals surface area contributed by atoms with Gasteiger partial charge in [0.2, 0.25) is 0 Å². The molecule has 1 saturated heterocycles. The standard InChI is InChI=1S/C19H29N5S/c1-13(2)11-23-7-9-24(10-8-23)12-16-21-18(20)17-14-5-3-4-6-15(14)25-19(17)22-16/h13H,3-12H2,1-2H3,(H2,20,21,22). The summed E-state index contributed by atoms with van der Waals surface area (Å²) in [6.45, 7) is 11.1. The van der Waals surface area contributed by atoms with E-state index in [0.29, 0.717) is 5.82 Å². The minimum absolute atomic E-state index is 0.692. The van der Waals surface area contributed by atoms with Crippen LogP contribution < -0.4 is 5.73 Å². The average molecular weight is 360 g/mol. The zero-order chi connectivity index (χ0) is 17.4. The summed E-state index contributed by atoms with van der Waals surface area (Å²) in [5, 5.41) is 1.14. The summed E-state index contributed by atoms with van der Waals surface area (Å²) in [5.41, 5.74) is 7.76. The molecule has 4 rings (SSSR count). The van der Waals surface area contributed by atoms with Gasteiger partial charge >= 0.3 is 0 Å². The van der Waals surface area contributed by atoms with E-state index in [1.54, 1.807) is 0 Å². The maximum atomic E-state index is 6.34. The van der Waals surface area contributed by atoms with Crippen LogP contribution in [0.4, 0.5) is 5.82 Å². The van der Waals surface area contributed by atoms with Crippen LogP contribution in [0.3, 0.4) is 0 Å². The topological polar surface area (TPSA) is 58.3 Å². The SMILES string of the molecule is CC(C)CN1CCN(Cc2nc(N)c3c4c(sc3n2)CCCC4)CC1. The maximum Gasteiger partial charge on any atom is 0.146 e. The molecule has 0 saturated carbocycles. The smallest absolute Gasteiger partial charge is 0.146 e. The van der Waals surface area contributed by atoms with Crippen LogP contribution in [0.15, 0.2) is 0 Å². The molecule has 6 heteroatoms. The van der Waals surface area contributed by atoms with Crippen molar-refractivity contribution in [2.24, 2.45) is 5.92 Å². The van der Waals surface area contributed by atoms with E-state index in [2.05, 4.69) is 28.6 Å². The number of piperazine rings is 1. The molecule has 1 fully saturated rings. The van der Waals surface area contributed by atoms with Crippen LogP contribution in [-0.2, 0) is 19.4 Å². The second kappa shape index (κ2) is 7.17. The molecule has 0 spiro atoms. The van der Waals surface area contributed by atoms with Crippen LogP contribution in [-0.4, -0.2) is 52.5 Å². The van der Waals surface area contributed by atoms with E-state index in [-0.39, 0.29) is 0 Å². The van der Waals surface area contributed by atoms with Crippen molar-refractivity contribution >= 4 is 27.4 Å². The highest BCUT2D eigenvalue weighted by molar-refractivity contribution is 7.19. The van der Waals surface area contributed by atoms with Gasteiger partial charge in [-0.25, -0.2) is 9.97 Å². The van der Waals surface area contributed by atoms with Gasteiger partial charge in [-0.3, -0.25) is 4.90 Å². The molecule has 0 aromatic carbocycles. The number of anilines is 1. The van der Waals surface area contributed by atoms with Gasteiger partial charge in [-0.15, -0.1) is 11.3 Å². The van der Waals surface area contributed by atoms with Crippen molar-refractivity contribution in [3.63, 3.8) is 0 Å². The Morgan fingerprint density at radius 1 is 1.04 bits per heavy atom. The highest BCUT2D eigenvalue weighted by Gasteiger charge is 2.22. The fourth-order valence-electron chi connectivity index (χ4n) is 4.15. The first-order valence-corrected chi connectivity index (χ1v) is 10.4. The molecule has 0 unspecified atom stereocenters. The zero-order valence-corrected chi connectivity index (χ0v) is 16.2. The van der Waals surface area contributed by atoms with Gasteiger partial charge < -0.3 is 10.6 Å². The molecule has 1 aliphatic carbocycles. The Bertz CT molecular complexity index is 746. The molecule has 2 aliphatic rings. The number of aromatic nitrogens is 2. The minimum atomic E-state index is 0.692. The summed E-state index contributed by atoms with van der Waals surface area (Å²) in [5.74, 6) is 2.32. The number of nitrogen functional groups attached to an aromatic ring is 1. The Hall–Kier alpha value is -1.24. The number of rotatable bonds is 4. The number of aryl methyl sites for hydroxylation is 2. The number of nitrogens with two attached hydrogens (primary N) is 1. The van der Waals surface area contributed by atoms with Crippen molar-refractivity contribution in [3.05, 3.63) is 16.3 Å². The van der Waals surface area contributed by atoms with Crippen LogP contribution >= 0.6 is 11.3 Å². The monoisotopic (exact) mass is 359 g/mol. The molecule has 1 aliphatic heterocycles. The Kier molecular flexibility index (Phi) is 4.93. The van der Waals surface area contributed by atoms with Crippen LogP contribution in [0, 0.1) is 5.92 Å². The van der Waals surface area contributed by atoms with Gasteiger partial charge in [0.25, 0.3) is 0 Å². The van der Waals surface area contributed by atoms with Gasteiger partial charge in [-0.05, 0) is 37.2 Å². The van der Waals surface area contributed by atoms with Crippen molar-refractivity contribution in [1.82, 2.24) is 19.8 Å². The molecule has 2 N–H and O–H groups in total. The maximum absolute atomic E-state index is 6.34. The van der Waals surface area contributed by atoms with Crippen molar-refractivity contribution in [3.8, 4) is 0 Å². The Balaban J connectivity index is 1.47. The highest BCUT2D eigenvalue weighted by Crippen LogP contribution is 2.37. The van der Waals surface area contributed by atoms with E-state index >= 15 is 0 Å². The number of nitrogens with zero attached hydrogens (tertiary/aromatic N) is 4. The first-order valence-electron chi connectivity index (χ1n) is 9.61. The highest BCUT2D eigenvalue weighted by atomic mass is 32.1. The fraction of sp³-hybridized carbons (Fsp3) is 0.684. The predicted molar refractivity (Wildman–Crippen MR) is 105 cm³/mol. The van der Waals surface area contributed by atoms with Gasteiger partial charge in [-0.2, -0.15) is 0 Å². The van der Waals surface area contributed by atoms with Crippen molar-refractivity contribution in [2.75, 3.05) is 38.5 Å². The normalized spacial score (nSPS) is 19.6. The van der Waals surface area contributed by atoms with Crippen molar-refractivity contribution < 1.29 is 0 Å². The van der Waals surface area contributed by atoms with Gasteiger partial charge in [0.1, 0.15) is 16.5 Å². The molecule has 136 valence electrons. The second-order valence-corrected chi connectivity index (χ2v) is 8.97. The van der Waals surface area contributed by atoms with Gasteiger partial charge in [0, 0.05) is 37.6 Å². The lowest BCUT2D eigenvalue weighted by Crippen LogP contribution is -2.47. The minimum Gasteiger partial charge on any atom is -0.383 e. The molecule has 25 heavy (non-hydrogen) atoms. The largest absolute Gasteiger partial charge is 0.383 e. The van der Waals surface area contributed by atoms with E-state index in [0.717, 1.165) is 61.1 Å². The van der Waals surface area contributed by atoms with Gasteiger partial charge in [0.15, 0.2) is 0 Å². The second-order valence-electron chi connectivity index (χ2n) is 7.89. The molecule has 5 nitrogen and oxygen atoms in total. The van der Waals surface area contributed by atoms with Crippen LogP contribution in [0.25, 0.3) is 10.2 Å². The van der Waals surface area contributed by atoms with E-state index in [9.17, 15) is 0 Å². The molecule has 2 aromatic rings. The fourth-order valence-corrected chi connectivity index (χ4v) is 5.44. The van der Waals surface area contributed by atoms with Crippen LogP contribution in [0.5, 0.6) is 0 Å². The quantitative estimate of drug-likeness (QED) is 0.909. The summed E-state index contributed by atoms with van der Waals surface area (Å²) < 4.78 is 0. The summed E-state index contributed by atoms with van der Waals surface area (Å²) in [6, 6.07) is 0. The van der Waals surface area contributed by atoms with Crippen molar-refractivity contribution in [2.45, 2.75) is 46.1 Å². The number of hydrogen-bond acceptors (Lipinski definition) is 6. The molecule has 0 amide bonds. The molecule has 0 radical (unpaired) electrons. The Labute approximate surface area is 154 Å². The summed E-state index contributed by atoms with van der Waals surface area (Å²) in [6.07, 6.45) is 4.88. The number of hydrogen-bond donors (Lipinski definition) is 1. The molecule has 3 heterocycles. The lowest BCUT2D eigenvalue weighted by atomic mass is 9.97. The lowest BCUT2D eigenvalue weighted by molar-refractivity contribution is 0.115. The first kappa shape index (κ1) is 17.2. The first-order chi connectivity index (χ1) is 12.1. The third-order valence-electron chi connectivity index (χ3n) is 5.34. The third kappa shape index (κ3) is 3.66. The molecule has 0 bridgehead atoms. The molecule has 0 atom stereocenters. The van der Waals surface area contributed by atoms with E-state index in [4.69, 9.17) is 10.7 Å². The predicted octanol–water partition coefficient (Wildman–Crippen LogP) is 2.93. The van der Waals surface area contributed by atoms with Crippen LogP contribution in [0.2, 0.25) is 0 Å².